The highest BCUT2D eigenvalue weighted by Crippen LogP contribution is 2.30. The summed E-state index contributed by atoms with van der Waals surface area (Å²) in [5.41, 5.74) is 3.49. The Morgan fingerprint density at radius 3 is 2.21 bits per heavy atom. The van der Waals surface area contributed by atoms with E-state index in [0.717, 1.165) is 60.7 Å². The highest BCUT2D eigenvalue weighted by atomic mass is 19.1. The number of nitrogens with one attached hydrogen (secondary N) is 3. The Morgan fingerprint density at radius 2 is 1.51 bits per heavy atom. The molecule has 274 valence electrons. The number of halogens is 1. The van der Waals surface area contributed by atoms with E-state index in [2.05, 4.69) is 35.9 Å². The summed E-state index contributed by atoms with van der Waals surface area (Å²) in [6.07, 6.45) is 9.69. The lowest BCUT2D eigenvalue weighted by molar-refractivity contribution is 0.0492. The van der Waals surface area contributed by atoms with E-state index in [4.69, 9.17) is 14.2 Å². The van der Waals surface area contributed by atoms with E-state index in [1.807, 2.05) is 37.4 Å². The number of amides is 2. The van der Waals surface area contributed by atoms with Crippen molar-refractivity contribution in [2.45, 2.75) is 38.5 Å². The number of carbonyl (C=O) groups excluding carboxylic acids is 2. The minimum absolute atomic E-state index is 0.145. The molecule has 14 heteroatoms. The molecule has 0 atom stereocenters. The molecule has 1 saturated heterocycles. The summed E-state index contributed by atoms with van der Waals surface area (Å²) >= 11 is 0. The van der Waals surface area contributed by atoms with Crippen molar-refractivity contribution >= 4 is 45.0 Å². The molecule has 2 amide bonds. The second kappa shape index (κ2) is 16.6. The van der Waals surface area contributed by atoms with Crippen molar-refractivity contribution < 1.29 is 28.2 Å². The quantitative estimate of drug-likeness (QED) is 0.136. The van der Waals surface area contributed by atoms with Crippen molar-refractivity contribution in [1.29, 1.82) is 0 Å². The van der Waals surface area contributed by atoms with Crippen LogP contribution >= 0.6 is 0 Å². The molecule has 0 unspecified atom stereocenters. The summed E-state index contributed by atoms with van der Waals surface area (Å²) < 4.78 is 31.9. The molecule has 0 spiro atoms. The lowest BCUT2D eigenvalue weighted by atomic mass is 10.0. The third kappa shape index (κ3) is 8.95. The largest absolute Gasteiger partial charge is 0.476 e. The summed E-state index contributed by atoms with van der Waals surface area (Å²) in [7, 11) is 1.83. The van der Waals surface area contributed by atoms with Crippen LogP contribution in [-0.2, 0) is 11.8 Å². The predicted molar refractivity (Wildman–Crippen MR) is 198 cm³/mol. The fourth-order valence-electron chi connectivity index (χ4n) is 6.47. The number of aromatic nitrogens is 6. The summed E-state index contributed by atoms with van der Waals surface area (Å²) in [5.74, 6) is 1.21. The first-order valence-electron chi connectivity index (χ1n) is 17.8. The summed E-state index contributed by atoms with van der Waals surface area (Å²) in [4.78, 5) is 32.3. The lowest BCUT2D eigenvalue weighted by Crippen LogP contribution is -2.21. The van der Waals surface area contributed by atoms with Crippen LogP contribution in [0.2, 0.25) is 0 Å². The third-order valence-electron chi connectivity index (χ3n) is 9.45. The van der Waals surface area contributed by atoms with Crippen molar-refractivity contribution in [3.63, 3.8) is 0 Å². The zero-order chi connectivity index (χ0) is 36.6. The second-order valence-electron chi connectivity index (χ2n) is 13.3. The average molecular weight is 721 g/mol. The number of aromatic amines is 1. The van der Waals surface area contributed by atoms with Gasteiger partial charge in [-0.15, -0.1) is 10.2 Å². The Bertz CT molecular complexity index is 2160. The molecule has 2 aliphatic rings. The molecule has 0 radical (unpaired) electrons. The van der Waals surface area contributed by atoms with Crippen molar-refractivity contribution in [3.8, 4) is 11.8 Å². The molecule has 4 aromatic heterocycles. The summed E-state index contributed by atoms with van der Waals surface area (Å²) in [6.45, 7) is 2.90. The fraction of sp³-hybridized carbons (Fsp3) is 0.333. The van der Waals surface area contributed by atoms with E-state index >= 15 is 0 Å². The van der Waals surface area contributed by atoms with Crippen LogP contribution in [0.5, 0.6) is 11.8 Å². The van der Waals surface area contributed by atoms with Gasteiger partial charge < -0.3 is 24.8 Å². The zero-order valence-electron chi connectivity index (χ0n) is 29.4. The van der Waals surface area contributed by atoms with Gasteiger partial charge in [0, 0.05) is 37.8 Å². The Balaban J connectivity index is 0.000000165. The van der Waals surface area contributed by atoms with Gasteiger partial charge in [0.2, 0.25) is 11.8 Å². The molecule has 53 heavy (non-hydrogen) atoms. The minimum atomic E-state index is -0.485. The van der Waals surface area contributed by atoms with Gasteiger partial charge in [0.25, 0.3) is 11.8 Å². The number of pyridine rings is 2. The standard InChI is InChI=1S/C20H21FN4O3.C19H20N4O2/c1-25-18-10-15(23-19(26)17-5-2-14(21)11-22-17)3-4-16(18)20(24-25)28-12-13-6-8-27-9-7-13;24-18(16-7-3-4-10-20-16)21-14-8-9-15-17(11-14)22-23-19(15)25-12-13-5-1-2-6-13/h2-5,10-11,13H,6-9,12H2,1H3,(H,23,26);3-4,7-11,13H,1-2,5-6,12H2,(H,21,24)(H,22,23). The van der Waals surface area contributed by atoms with E-state index in [1.54, 1.807) is 35.1 Å². The van der Waals surface area contributed by atoms with Crippen molar-refractivity contribution in [2.24, 2.45) is 18.9 Å². The fourth-order valence-corrected chi connectivity index (χ4v) is 6.47. The monoisotopic (exact) mass is 720 g/mol. The van der Waals surface area contributed by atoms with E-state index in [-0.39, 0.29) is 11.6 Å². The van der Waals surface area contributed by atoms with Gasteiger partial charge in [0.15, 0.2) is 0 Å². The van der Waals surface area contributed by atoms with Crippen LogP contribution in [0.15, 0.2) is 79.1 Å². The van der Waals surface area contributed by atoms with Crippen LogP contribution in [-0.4, -0.2) is 68.2 Å². The van der Waals surface area contributed by atoms with Crippen LogP contribution in [0, 0.1) is 17.7 Å². The Labute approximate surface area is 305 Å². The molecule has 3 N–H and O–H groups in total. The minimum Gasteiger partial charge on any atom is -0.476 e. The van der Waals surface area contributed by atoms with Crippen molar-refractivity contribution in [2.75, 3.05) is 37.1 Å². The van der Waals surface area contributed by atoms with Gasteiger partial charge in [-0.25, -0.2) is 9.37 Å². The number of fused-ring (bicyclic) bond motifs is 2. The Hall–Kier alpha value is -5.89. The molecule has 1 aliphatic carbocycles. The molecule has 13 nitrogen and oxygen atoms in total. The molecule has 8 rings (SSSR count). The summed E-state index contributed by atoms with van der Waals surface area (Å²) in [6, 6.07) is 18.9. The number of H-pyrrole nitrogens is 1. The number of carbonyl (C=O) groups is 2. The molecule has 0 bridgehead atoms. The maximum absolute atomic E-state index is 13.0. The maximum Gasteiger partial charge on any atom is 0.274 e. The first-order chi connectivity index (χ1) is 25.9. The van der Waals surface area contributed by atoms with Crippen molar-refractivity contribution in [1.82, 2.24) is 29.9 Å². The van der Waals surface area contributed by atoms with Crippen LogP contribution in [0.25, 0.3) is 21.8 Å². The molecule has 1 saturated carbocycles. The molecule has 1 aliphatic heterocycles. The van der Waals surface area contributed by atoms with E-state index in [0.29, 0.717) is 47.3 Å². The second-order valence-corrected chi connectivity index (χ2v) is 13.3. The lowest BCUT2D eigenvalue weighted by Gasteiger charge is -2.21. The highest BCUT2D eigenvalue weighted by Gasteiger charge is 2.19. The molecular formula is C39H41FN8O5. The first kappa shape index (κ1) is 35.5. The predicted octanol–water partition coefficient (Wildman–Crippen LogP) is 6.94. The number of benzene rings is 2. The smallest absolute Gasteiger partial charge is 0.274 e. The highest BCUT2D eigenvalue weighted by molar-refractivity contribution is 6.04. The van der Waals surface area contributed by atoms with Gasteiger partial charge in [-0.3, -0.25) is 24.4 Å². The van der Waals surface area contributed by atoms with Crippen LogP contribution < -0.4 is 20.1 Å². The number of nitrogens with zero attached hydrogens (tertiary/aromatic N) is 5. The summed E-state index contributed by atoms with van der Waals surface area (Å²) in [5, 5.41) is 19.1. The van der Waals surface area contributed by atoms with E-state index in [1.165, 1.54) is 37.8 Å². The molecule has 2 aromatic carbocycles. The van der Waals surface area contributed by atoms with E-state index in [9.17, 15) is 14.0 Å². The number of anilines is 2. The zero-order valence-corrected chi connectivity index (χ0v) is 29.4. The van der Waals surface area contributed by atoms with Gasteiger partial charge in [0.1, 0.15) is 17.2 Å². The normalized spacial score (nSPS) is 14.8. The average Bonchev–Trinajstić information content (AvgIpc) is 3.93. The number of ether oxygens (including phenoxy) is 3. The molecule has 2 fully saturated rings. The van der Waals surface area contributed by atoms with Gasteiger partial charge in [-0.2, -0.15) is 0 Å². The molecule has 6 aromatic rings. The van der Waals surface area contributed by atoms with Crippen LogP contribution in [0.3, 0.4) is 0 Å². The Kier molecular flexibility index (Phi) is 11.1. The topological polar surface area (TPSA) is 158 Å². The number of rotatable bonds is 10. The number of hydrogen-bond donors (Lipinski definition) is 3. The maximum atomic E-state index is 13.0. The van der Waals surface area contributed by atoms with Crippen LogP contribution in [0.4, 0.5) is 15.8 Å². The van der Waals surface area contributed by atoms with E-state index < -0.39 is 11.7 Å². The number of hydrogen-bond acceptors (Lipinski definition) is 9. The van der Waals surface area contributed by atoms with Gasteiger partial charge in [-0.1, -0.05) is 18.9 Å². The SMILES string of the molecule is Cn1nc(OCC2CCOCC2)c2ccc(NC(=O)c3ccc(F)cn3)cc21.O=C(Nc1ccc2c(OCC3CCCC3)n[nH]c2c1)c1ccccn1. The first-order valence-corrected chi connectivity index (χ1v) is 17.8. The molecular weight excluding hydrogens is 679 g/mol. The molecule has 5 heterocycles. The third-order valence-corrected chi connectivity index (χ3v) is 9.45. The van der Waals surface area contributed by atoms with Gasteiger partial charge >= 0.3 is 0 Å². The Morgan fingerprint density at radius 1 is 0.830 bits per heavy atom. The number of aryl methyl sites for hydroxylation is 1. The van der Waals surface area contributed by atoms with Crippen molar-refractivity contribution in [3.05, 3.63) is 96.3 Å². The van der Waals surface area contributed by atoms with Gasteiger partial charge in [-0.05, 0) is 98.2 Å². The van der Waals surface area contributed by atoms with Crippen LogP contribution in [0.1, 0.15) is 59.5 Å². The van der Waals surface area contributed by atoms with Gasteiger partial charge in [0.05, 0.1) is 41.2 Å².